The molecule has 0 aliphatic heterocycles. The van der Waals surface area contributed by atoms with Gasteiger partial charge in [-0.05, 0) is 6.92 Å². The predicted molar refractivity (Wildman–Crippen MR) is 67.7 cm³/mol. The Hall–Kier alpha value is -2.01. The molecule has 0 radical (unpaired) electrons. The molecular formula is C12H10N4S. The zero-order chi connectivity index (χ0) is 11.7. The summed E-state index contributed by atoms with van der Waals surface area (Å²) in [6.45, 7) is 2.07. The molecule has 1 aromatic carbocycles. The second-order valence-electron chi connectivity index (χ2n) is 3.72. The fourth-order valence-electron chi connectivity index (χ4n) is 1.51. The van der Waals surface area contributed by atoms with E-state index < -0.39 is 0 Å². The van der Waals surface area contributed by atoms with Crippen molar-refractivity contribution in [1.29, 1.82) is 0 Å². The summed E-state index contributed by atoms with van der Waals surface area (Å²) in [7, 11) is 0. The van der Waals surface area contributed by atoms with Gasteiger partial charge in [0.25, 0.3) is 0 Å². The molecule has 0 aliphatic rings. The zero-order valence-electron chi connectivity index (χ0n) is 9.21. The van der Waals surface area contributed by atoms with Gasteiger partial charge in [0.05, 0.1) is 0 Å². The standard InChI is InChI=1S/C12H10N4S/c1-8-2-4-9(5-3-8)11-15-16-12(17-11)10-13-6-7-14-10/h2-7H,1H3,(H,13,14). The molecule has 0 unspecified atom stereocenters. The van der Waals surface area contributed by atoms with Crippen molar-refractivity contribution in [2.45, 2.75) is 6.92 Å². The number of aromatic amines is 1. The number of hydrogen-bond donors (Lipinski definition) is 1. The fraction of sp³-hybridized carbons (Fsp3) is 0.0833. The summed E-state index contributed by atoms with van der Waals surface area (Å²) in [6, 6.07) is 8.26. The molecule has 0 fully saturated rings. The van der Waals surface area contributed by atoms with Crippen LogP contribution in [-0.4, -0.2) is 20.2 Å². The van der Waals surface area contributed by atoms with Gasteiger partial charge < -0.3 is 4.98 Å². The maximum atomic E-state index is 4.18. The molecular weight excluding hydrogens is 232 g/mol. The van der Waals surface area contributed by atoms with Gasteiger partial charge >= 0.3 is 0 Å². The van der Waals surface area contributed by atoms with Gasteiger partial charge in [0.2, 0.25) is 0 Å². The van der Waals surface area contributed by atoms with Crippen LogP contribution in [0.15, 0.2) is 36.7 Å². The number of nitrogens with zero attached hydrogens (tertiary/aromatic N) is 3. The monoisotopic (exact) mass is 242 g/mol. The van der Waals surface area contributed by atoms with Gasteiger partial charge in [0, 0.05) is 18.0 Å². The molecule has 0 bridgehead atoms. The van der Waals surface area contributed by atoms with Crippen LogP contribution in [0, 0.1) is 6.92 Å². The average Bonchev–Trinajstić information content (AvgIpc) is 3.00. The van der Waals surface area contributed by atoms with Crippen LogP contribution in [-0.2, 0) is 0 Å². The van der Waals surface area contributed by atoms with Crippen LogP contribution in [0.4, 0.5) is 0 Å². The van der Waals surface area contributed by atoms with Crippen molar-refractivity contribution < 1.29 is 0 Å². The third kappa shape index (κ3) is 1.97. The molecule has 84 valence electrons. The number of H-pyrrole nitrogens is 1. The van der Waals surface area contributed by atoms with Crippen LogP contribution in [0.1, 0.15) is 5.56 Å². The predicted octanol–water partition coefficient (Wildman–Crippen LogP) is 2.90. The Labute approximate surface area is 102 Å². The fourth-order valence-corrected chi connectivity index (χ4v) is 2.32. The van der Waals surface area contributed by atoms with E-state index in [0.717, 1.165) is 21.4 Å². The second kappa shape index (κ2) is 4.10. The molecule has 1 N–H and O–H groups in total. The molecule has 5 heteroatoms. The van der Waals surface area contributed by atoms with Gasteiger partial charge in [0.15, 0.2) is 10.8 Å². The van der Waals surface area contributed by atoms with Crippen LogP contribution in [0.3, 0.4) is 0 Å². The van der Waals surface area contributed by atoms with E-state index in [2.05, 4.69) is 51.4 Å². The highest BCUT2D eigenvalue weighted by atomic mass is 32.1. The Kier molecular flexibility index (Phi) is 2.45. The minimum absolute atomic E-state index is 0.765. The van der Waals surface area contributed by atoms with Crippen molar-refractivity contribution in [1.82, 2.24) is 20.2 Å². The van der Waals surface area contributed by atoms with Crippen molar-refractivity contribution in [2.24, 2.45) is 0 Å². The first-order valence-electron chi connectivity index (χ1n) is 5.23. The Balaban J connectivity index is 1.98. The summed E-state index contributed by atoms with van der Waals surface area (Å²) < 4.78 is 0. The minimum atomic E-state index is 0.765. The van der Waals surface area contributed by atoms with Gasteiger partial charge in [-0.2, -0.15) is 0 Å². The van der Waals surface area contributed by atoms with Crippen molar-refractivity contribution in [3.63, 3.8) is 0 Å². The van der Waals surface area contributed by atoms with Crippen LogP contribution in [0.5, 0.6) is 0 Å². The molecule has 0 atom stereocenters. The molecule has 3 aromatic rings. The first kappa shape index (κ1) is 10.2. The summed E-state index contributed by atoms with van der Waals surface area (Å²) in [6.07, 6.45) is 3.49. The molecule has 2 aromatic heterocycles. The highest BCUT2D eigenvalue weighted by Gasteiger charge is 2.09. The molecule has 2 heterocycles. The lowest BCUT2D eigenvalue weighted by atomic mass is 10.2. The van der Waals surface area contributed by atoms with E-state index in [4.69, 9.17) is 0 Å². The summed E-state index contributed by atoms with van der Waals surface area (Å²) in [5.74, 6) is 0.765. The molecule has 0 aliphatic carbocycles. The van der Waals surface area contributed by atoms with E-state index >= 15 is 0 Å². The number of imidazole rings is 1. The lowest BCUT2D eigenvalue weighted by Gasteiger charge is -1.95. The Morgan fingerprint density at radius 2 is 1.82 bits per heavy atom. The number of benzene rings is 1. The van der Waals surface area contributed by atoms with Crippen LogP contribution in [0.25, 0.3) is 21.4 Å². The molecule has 0 saturated carbocycles. The highest BCUT2D eigenvalue weighted by Crippen LogP contribution is 2.27. The SMILES string of the molecule is Cc1ccc(-c2nnc(-c3ncc[nH]3)s2)cc1. The third-order valence-corrected chi connectivity index (χ3v) is 3.40. The molecule has 3 rings (SSSR count). The quantitative estimate of drug-likeness (QED) is 0.751. The van der Waals surface area contributed by atoms with Crippen LogP contribution >= 0.6 is 11.3 Å². The summed E-state index contributed by atoms with van der Waals surface area (Å²) in [4.78, 5) is 7.18. The van der Waals surface area contributed by atoms with Gasteiger partial charge in [-0.15, -0.1) is 10.2 Å². The number of aromatic nitrogens is 4. The smallest absolute Gasteiger partial charge is 0.183 e. The van der Waals surface area contributed by atoms with Crippen molar-refractivity contribution in [2.75, 3.05) is 0 Å². The molecule has 17 heavy (non-hydrogen) atoms. The normalized spacial score (nSPS) is 10.6. The van der Waals surface area contributed by atoms with Gasteiger partial charge in [-0.1, -0.05) is 41.2 Å². The number of rotatable bonds is 2. The average molecular weight is 242 g/mol. The molecule has 0 spiro atoms. The number of aryl methyl sites for hydroxylation is 1. The molecule has 0 amide bonds. The maximum Gasteiger partial charge on any atom is 0.183 e. The Morgan fingerprint density at radius 1 is 1.06 bits per heavy atom. The van der Waals surface area contributed by atoms with Crippen molar-refractivity contribution >= 4 is 11.3 Å². The number of nitrogens with one attached hydrogen (secondary N) is 1. The summed E-state index contributed by atoms with van der Waals surface area (Å²) in [5, 5.41) is 10.0. The largest absolute Gasteiger partial charge is 0.343 e. The van der Waals surface area contributed by atoms with E-state index in [1.54, 1.807) is 12.4 Å². The Bertz CT molecular complexity index is 610. The Morgan fingerprint density at radius 3 is 2.53 bits per heavy atom. The maximum absolute atomic E-state index is 4.18. The molecule has 4 nitrogen and oxygen atoms in total. The summed E-state index contributed by atoms with van der Waals surface area (Å²) in [5.41, 5.74) is 2.33. The van der Waals surface area contributed by atoms with Gasteiger partial charge in [-0.25, -0.2) is 4.98 Å². The van der Waals surface area contributed by atoms with E-state index in [9.17, 15) is 0 Å². The first-order valence-corrected chi connectivity index (χ1v) is 6.05. The summed E-state index contributed by atoms with van der Waals surface area (Å²) >= 11 is 1.53. The number of hydrogen-bond acceptors (Lipinski definition) is 4. The second-order valence-corrected chi connectivity index (χ2v) is 4.69. The van der Waals surface area contributed by atoms with Crippen molar-refractivity contribution in [3.05, 3.63) is 42.2 Å². The van der Waals surface area contributed by atoms with E-state index in [-0.39, 0.29) is 0 Å². The van der Waals surface area contributed by atoms with Crippen LogP contribution < -0.4 is 0 Å². The van der Waals surface area contributed by atoms with E-state index in [1.807, 2.05) is 0 Å². The zero-order valence-corrected chi connectivity index (χ0v) is 10.0. The minimum Gasteiger partial charge on any atom is -0.343 e. The van der Waals surface area contributed by atoms with Crippen LogP contribution in [0.2, 0.25) is 0 Å². The highest BCUT2D eigenvalue weighted by molar-refractivity contribution is 7.17. The first-order chi connectivity index (χ1) is 8.33. The van der Waals surface area contributed by atoms with Crippen molar-refractivity contribution in [3.8, 4) is 21.4 Å². The third-order valence-electron chi connectivity index (χ3n) is 2.42. The topological polar surface area (TPSA) is 54.5 Å². The lowest BCUT2D eigenvalue weighted by Crippen LogP contribution is -1.78. The molecule has 0 saturated heterocycles. The lowest BCUT2D eigenvalue weighted by molar-refractivity contribution is 1.08. The van der Waals surface area contributed by atoms with Gasteiger partial charge in [-0.3, -0.25) is 0 Å². The van der Waals surface area contributed by atoms with E-state index in [1.165, 1.54) is 16.9 Å². The van der Waals surface area contributed by atoms with E-state index in [0.29, 0.717) is 0 Å². The van der Waals surface area contributed by atoms with Gasteiger partial charge in [0.1, 0.15) is 5.01 Å².